The third kappa shape index (κ3) is 2.65. The van der Waals surface area contributed by atoms with Crippen molar-refractivity contribution in [2.45, 2.75) is 26.3 Å². The summed E-state index contributed by atoms with van der Waals surface area (Å²) in [6.45, 7) is 4.62. The van der Waals surface area contributed by atoms with Gasteiger partial charge in [0.15, 0.2) is 0 Å². The molecule has 2 atom stereocenters. The molecule has 2 unspecified atom stereocenters. The molecule has 14 heavy (non-hydrogen) atoms. The van der Waals surface area contributed by atoms with Gasteiger partial charge in [-0.3, -0.25) is 0 Å². The highest BCUT2D eigenvalue weighted by Gasteiger charge is 2.21. The standard InChI is InChI=1S/C10H18N2O2/c1-7-4-9(6-14-10(11)13)5-8(2)12(7)3/h4,8-9H,5-6H2,1-3H3,(H2,11,13). The van der Waals surface area contributed by atoms with E-state index in [0.717, 1.165) is 6.42 Å². The zero-order chi connectivity index (χ0) is 10.7. The van der Waals surface area contributed by atoms with E-state index >= 15 is 0 Å². The smallest absolute Gasteiger partial charge is 0.404 e. The highest BCUT2D eigenvalue weighted by Crippen LogP contribution is 2.23. The molecule has 0 aromatic rings. The molecule has 4 nitrogen and oxygen atoms in total. The number of primary amides is 1. The van der Waals surface area contributed by atoms with Gasteiger partial charge < -0.3 is 15.4 Å². The van der Waals surface area contributed by atoms with Crippen molar-refractivity contribution in [3.63, 3.8) is 0 Å². The highest BCUT2D eigenvalue weighted by atomic mass is 16.5. The summed E-state index contributed by atoms with van der Waals surface area (Å²) < 4.78 is 4.79. The van der Waals surface area contributed by atoms with Crippen LogP contribution in [0.3, 0.4) is 0 Å². The van der Waals surface area contributed by atoms with Gasteiger partial charge in [0.2, 0.25) is 0 Å². The molecule has 0 aromatic carbocycles. The summed E-state index contributed by atoms with van der Waals surface area (Å²) in [6.07, 6.45) is 2.44. The van der Waals surface area contributed by atoms with Crippen LogP contribution in [0.25, 0.3) is 0 Å². The van der Waals surface area contributed by atoms with E-state index in [-0.39, 0.29) is 0 Å². The first kappa shape index (κ1) is 10.9. The summed E-state index contributed by atoms with van der Waals surface area (Å²) in [4.78, 5) is 12.7. The van der Waals surface area contributed by atoms with E-state index in [2.05, 4.69) is 31.9 Å². The predicted octanol–water partition coefficient (Wildman–Crippen LogP) is 1.33. The van der Waals surface area contributed by atoms with Crippen molar-refractivity contribution >= 4 is 6.09 Å². The summed E-state index contributed by atoms with van der Waals surface area (Å²) >= 11 is 0. The topological polar surface area (TPSA) is 55.6 Å². The molecule has 0 aliphatic carbocycles. The number of hydrogen-bond acceptors (Lipinski definition) is 3. The van der Waals surface area contributed by atoms with Gasteiger partial charge in [0.25, 0.3) is 0 Å². The number of nitrogens with zero attached hydrogens (tertiary/aromatic N) is 1. The SMILES string of the molecule is CC1=CC(COC(N)=O)CC(C)N1C. The van der Waals surface area contributed by atoms with Gasteiger partial charge in [-0.25, -0.2) is 4.79 Å². The summed E-state index contributed by atoms with van der Waals surface area (Å²) in [7, 11) is 2.07. The fourth-order valence-corrected chi connectivity index (χ4v) is 1.78. The molecule has 2 N–H and O–H groups in total. The van der Waals surface area contributed by atoms with Crippen LogP contribution in [0.5, 0.6) is 0 Å². The van der Waals surface area contributed by atoms with Crippen LogP contribution < -0.4 is 5.73 Å². The second-order valence-corrected chi connectivity index (χ2v) is 3.89. The molecule has 1 amide bonds. The van der Waals surface area contributed by atoms with Crippen LogP contribution in [-0.2, 0) is 4.74 Å². The number of amides is 1. The van der Waals surface area contributed by atoms with Crippen LogP contribution in [0, 0.1) is 5.92 Å². The van der Waals surface area contributed by atoms with Gasteiger partial charge in [-0.15, -0.1) is 0 Å². The predicted molar refractivity (Wildman–Crippen MR) is 54.6 cm³/mol. The van der Waals surface area contributed by atoms with Gasteiger partial charge in [0, 0.05) is 24.7 Å². The highest BCUT2D eigenvalue weighted by molar-refractivity contribution is 5.64. The lowest BCUT2D eigenvalue weighted by Gasteiger charge is -2.35. The number of allylic oxidation sites excluding steroid dienone is 1. The second kappa shape index (κ2) is 4.35. The molecule has 0 saturated carbocycles. The Morgan fingerprint density at radius 2 is 2.43 bits per heavy atom. The molecule has 4 heteroatoms. The Labute approximate surface area is 84.7 Å². The Morgan fingerprint density at radius 1 is 1.79 bits per heavy atom. The van der Waals surface area contributed by atoms with Gasteiger partial charge in [-0.1, -0.05) is 6.08 Å². The van der Waals surface area contributed by atoms with Crippen molar-refractivity contribution in [3.05, 3.63) is 11.8 Å². The van der Waals surface area contributed by atoms with Crippen molar-refractivity contribution in [1.29, 1.82) is 0 Å². The minimum Gasteiger partial charge on any atom is -0.449 e. The van der Waals surface area contributed by atoms with Crippen molar-refractivity contribution in [3.8, 4) is 0 Å². The quantitative estimate of drug-likeness (QED) is 0.728. The summed E-state index contributed by atoms with van der Waals surface area (Å²) in [6, 6.07) is 0.487. The number of carbonyl (C=O) groups excluding carboxylic acids is 1. The summed E-state index contributed by atoms with van der Waals surface area (Å²) in [5.41, 5.74) is 6.14. The lowest BCUT2D eigenvalue weighted by Crippen LogP contribution is -2.35. The minimum absolute atomic E-state index is 0.300. The number of ether oxygens (including phenoxy) is 1. The molecule has 0 fully saturated rings. The third-order valence-electron chi connectivity index (χ3n) is 2.78. The maximum Gasteiger partial charge on any atom is 0.404 e. The largest absolute Gasteiger partial charge is 0.449 e. The first-order valence-electron chi connectivity index (χ1n) is 4.84. The van der Waals surface area contributed by atoms with Gasteiger partial charge in [-0.05, 0) is 20.3 Å². The van der Waals surface area contributed by atoms with E-state index in [9.17, 15) is 4.79 Å². The molecule has 1 heterocycles. The molecule has 1 rings (SSSR count). The summed E-state index contributed by atoms with van der Waals surface area (Å²) in [5, 5.41) is 0. The van der Waals surface area contributed by atoms with Gasteiger partial charge >= 0.3 is 6.09 Å². The lowest BCUT2D eigenvalue weighted by molar-refractivity contribution is 0.130. The van der Waals surface area contributed by atoms with Gasteiger partial charge in [-0.2, -0.15) is 0 Å². The Kier molecular flexibility index (Phi) is 3.38. The number of rotatable bonds is 2. The van der Waals surface area contributed by atoms with Crippen LogP contribution in [0.4, 0.5) is 4.79 Å². The number of hydrogen-bond donors (Lipinski definition) is 1. The Morgan fingerprint density at radius 3 is 2.93 bits per heavy atom. The monoisotopic (exact) mass is 198 g/mol. The van der Waals surface area contributed by atoms with Crippen LogP contribution in [0.15, 0.2) is 11.8 Å². The van der Waals surface area contributed by atoms with Crippen molar-refractivity contribution in [2.24, 2.45) is 11.7 Å². The Balaban J connectivity index is 2.52. The van der Waals surface area contributed by atoms with E-state index < -0.39 is 6.09 Å². The van der Waals surface area contributed by atoms with Crippen LogP contribution >= 0.6 is 0 Å². The first-order chi connectivity index (χ1) is 6.50. The van der Waals surface area contributed by atoms with Crippen molar-refractivity contribution in [2.75, 3.05) is 13.7 Å². The molecule has 0 spiro atoms. The van der Waals surface area contributed by atoms with Crippen LogP contribution in [0.1, 0.15) is 20.3 Å². The Hall–Kier alpha value is -1.19. The normalized spacial score (nSPS) is 27.1. The number of nitrogens with two attached hydrogens (primary N) is 1. The summed E-state index contributed by atoms with van der Waals surface area (Å²) in [5.74, 6) is 0.300. The maximum atomic E-state index is 10.4. The molecule has 0 radical (unpaired) electrons. The van der Waals surface area contributed by atoms with Gasteiger partial charge in [0.1, 0.15) is 0 Å². The van der Waals surface area contributed by atoms with E-state index in [4.69, 9.17) is 10.5 Å². The minimum atomic E-state index is -0.692. The van der Waals surface area contributed by atoms with E-state index in [1.54, 1.807) is 0 Å². The fraction of sp³-hybridized carbons (Fsp3) is 0.700. The van der Waals surface area contributed by atoms with Crippen LogP contribution in [0.2, 0.25) is 0 Å². The average molecular weight is 198 g/mol. The van der Waals surface area contributed by atoms with Crippen LogP contribution in [-0.4, -0.2) is 30.7 Å². The first-order valence-corrected chi connectivity index (χ1v) is 4.84. The molecular weight excluding hydrogens is 180 g/mol. The fourth-order valence-electron chi connectivity index (χ4n) is 1.78. The van der Waals surface area contributed by atoms with E-state index in [1.165, 1.54) is 5.70 Å². The van der Waals surface area contributed by atoms with Crippen molar-refractivity contribution in [1.82, 2.24) is 4.90 Å². The molecule has 80 valence electrons. The zero-order valence-electron chi connectivity index (χ0n) is 8.99. The lowest BCUT2D eigenvalue weighted by atomic mass is 9.95. The molecular formula is C10H18N2O2. The third-order valence-corrected chi connectivity index (χ3v) is 2.78. The molecule has 1 aliphatic heterocycles. The van der Waals surface area contributed by atoms with Gasteiger partial charge in [0.05, 0.1) is 6.61 Å². The second-order valence-electron chi connectivity index (χ2n) is 3.89. The molecule has 0 bridgehead atoms. The van der Waals surface area contributed by atoms with E-state index in [0.29, 0.717) is 18.6 Å². The van der Waals surface area contributed by atoms with Crippen molar-refractivity contribution < 1.29 is 9.53 Å². The number of carbonyl (C=O) groups is 1. The maximum absolute atomic E-state index is 10.4. The average Bonchev–Trinajstić information content (AvgIpc) is 2.10. The Bertz CT molecular complexity index is 251. The molecule has 0 saturated heterocycles. The molecule has 0 aromatic heterocycles. The molecule has 1 aliphatic rings. The van der Waals surface area contributed by atoms with E-state index in [1.807, 2.05) is 0 Å². The zero-order valence-corrected chi connectivity index (χ0v) is 8.99.